The molecule has 7 heteroatoms. The van der Waals surface area contributed by atoms with Crippen LogP contribution in [0.3, 0.4) is 0 Å². The maximum absolute atomic E-state index is 11.6. The van der Waals surface area contributed by atoms with Gasteiger partial charge in [-0.15, -0.1) is 0 Å². The molecule has 2 rings (SSSR count). The van der Waals surface area contributed by atoms with Crippen LogP contribution in [-0.4, -0.2) is 60.9 Å². The summed E-state index contributed by atoms with van der Waals surface area (Å²) in [7, 11) is 1.98. The Morgan fingerprint density at radius 3 is 2.48 bits per heavy atom. The molecule has 1 fully saturated rings. The Morgan fingerprint density at radius 1 is 1.24 bits per heavy atom. The second-order valence-corrected chi connectivity index (χ2v) is 5.97. The van der Waals surface area contributed by atoms with Crippen molar-refractivity contribution in [2.45, 2.75) is 26.8 Å². The normalized spacial score (nSPS) is 14.7. The number of nitrogens with zero attached hydrogens (tertiary/aromatic N) is 3. The van der Waals surface area contributed by atoms with Crippen LogP contribution in [0.25, 0.3) is 0 Å². The number of guanidine groups is 1. The SMILES string of the molecule is CCNC(=NCCN1C(=O)CNC1=O)N(C)Cc1ccc(CC)cc1. The quantitative estimate of drug-likeness (QED) is 0.442. The van der Waals surface area contributed by atoms with Crippen LogP contribution in [0.2, 0.25) is 0 Å². The Labute approximate surface area is 149 Å². The zero-order valence-electron chi connectivity index (χ0n) is 15.2. The van der Waals surface area contributed by atoms with E-state index in [1.165, 1.54) is 16.0 Å². The highest BCUT2D eigenvalue weighted by atomic mass is 16.2. The molecule has 7 nitrogen and oxygen atoms in total. The number of imide groups is 1. The third-order valence-corrected chi connectivity index (χ3v) is 4.07. The fraction of sp³-hybridized carbons (Fsp3) is 0.500. The molecule has 1 aromatic rings. The molecule has 0 aliphatic carbocycles. The number of carbonyl (C=O) groups is 2. The predicted octanol–water partition coefficient (Wildman–Crippen LogP) is 1.20. The Bertz CT molecular complexity index is 611. The summed E-state index contributed by atoms with van der Waals surface area (Å²) in [5.41, 5.74) is 2.53. The van der Waals surface area contributed by atoms with E-state index in [1.807, 2.05) is 18.9 Å². The summed E-state index contributed by atoms with van der Waals surface area (Å²) in [6.45, 7) is 6.38. The van der Waals surface area contributed by atoms with Crippen LogP contribution in [0, 0.1) is 0 Å². The lowest BCUT2D eigenvalue weighted by atomic mass is 10.1. The molecule has 0 radical (unpaired) electrons. The van der Waals surface area contributed by atoms with Crippen molar-refractivity contribution in [2.75, 3.05) is 33.2 Å². The summed E-state index contributed by atoms with van der Waals surface area (Å²) < 4.78 is 0. The Hall–Kier alpha value is -2.57. The van der Waals surface area contributed by atoms with E-state index in [-0.39, 0.29) is 18.5 Å². The van der Waals surface area contributed by atoms with E-state index >= 15 is 0 Å². The number of hydrogen-bond acceptors (Lipinski definition) is 3. The van der Waals surface area contributed by atoms with Gasteiger partial charge in [-0.2, -0.15) is 0 Å². The summed E-state index contributed by atoms with van der Waals surface area (Å²) in [4.78, 5) is 30.9. The molecule has 2 N–H and O–H groups in total. The Morgan fingerprint density at radius 2 is 1.92 bits per heavy atom. The minimum absolute atomic E-state index is 0.0796. The van der Waals surface area contributed by atoms with Crippen molar-refractivity contribution in [3.8, 4) is 0 Å². The van der Waals surface area contributed by atoms with Crippen molar-refractivity contribution in [3.05, 3.63) is 35.4 Å². The lowest BCUT2D eigenvalue weighted by molar-refractivity contribution is -0.124. The van der Waals surface area contributed by atoms with Gasteiger partial charge < -0.3 is 15.5 Å². The third-order valence-electron chi connectivity index (χ3n) is 4.07. The van der Waals surface area contributed by atoms with Gasteiger partial charge >= 0.3 is 6.03 Å². The highest BCUT2D eigenvalue weighted by Gasteiger charge is 2.27. The van der Waals surface area contributed by atoms with Gasteiger partial charge in [0, 0.05) is 20.1 Å². The van der Waals surface area contributed by atoms with Gasteiger partial charge in [0.2, 0.25) is 5.91 Å². The van der Waals surface area contributed by atoms with E-state index in [9.17, 15) is 9.59 Å². The summed E-state index contributed by atoms with van der Waals surface area (Å²) in [6, 6.07) is 8.21. The van der Waals surface area contributed by atoms with Crippen molar-refractivity contribution >= 4 is 17.9 Å². The highest BCUT2D eigenvalue weighted by Crippen LogP contribution is 2.07. The molecule has 25 heavy (non-hydrogen) atoms. The molecule has 1 heterocycles. The monoisotopic (exact) mass is 345 g/mol. The average Bonchev–Trinajstić information content (AvgIpc) is 2.93. The molecular formula is C18H27N5O2. The first-order valence-electron chi connectivity index (χ1n) is 8.70. The van der Waals surface area contributed by atoms with Crippen molar-refractivity contribution < 1.29 is 9.59 Å². The Kier molecular flexibility index (Phi) is 6.80. The van der Waals surface area contributed by atoms with Crippen molar-refractivity contribution in [2.24, 2.45) is 4.99 Å². The predicted molar refractivity (Wildman–Crippen MR) is 98.4 cm³/mol. The maximum atomic E-state index is 11.6. The second kappa shape index (κ2) is 9.05. The third kappa shape index (κ3) is 5.20. The molecule has 136 valence electrons. The van der Waals surface area contributed by atoms with Gasteiger partial charge in [0.05, 0.1) is 19.6 Å². The molecule has 3 amide bonds. The zero-order valence-corrected chi connectivity index (χ0v) is 15.2. The first kappa shape index (κ1) is 18.8. The first-order valence-corrected chi connectivity index (χ1v) is 8.70. The fourth-order valence-corrected chi connectivity index (χ4v) is 2.64. The second-order valence-electron chi connectivity index (χ2n) is 5.97. The summed E-state index contributed by atoms with van der Waals surface area (Å²) in [5.74, 6) is 0.559. The highest BCUT2D eigenvalue weighted by molar-refractivity contribution is 6.01. The van der Waals surface area contributed by atoms with Crippen molar-refractivity contribution in [3.63, 3.8) is 0 Å². The van der Waals surface area contributed by atoms with E-state index in [1.54, 1.807) is 0 Å². The van der Waals surface area contributed by atoms with Gasteiger partial charge in [-0.1, -0.05) is 31.2 Å². The number of hydrogen-bond donors (Lipinski definition) is 2. The smallest absolute Gasteiger partial charge is 0.324 e. The molecule has 1 aliphatic heterocycles. The number of amides is 3. The summed E-state index contributed by atoms with van der Waals surface area (Å²) >= 11 is 0. The average molecular weight is 345 g/mol. The number of carbonyl (C=O) groups excluding carboxylic acids is 2. The fourth-order valence-electron chi connectivity index (χ4n) is 2.64. The lowest BCUT2D eigenvalue weighted by Gasteiger charge is -2.22. The summed E-state index contributed by atoms with van der Waals surface area (Å²) in [6.07, 6.45) is 1.03. The van der Waals surface area contributed by atoms with Crippen LogP contribution in [0.15, 0.2) is 29.3 Å². The first-order chi connectivity index (χ1) is 12.0. The lowest BCUT2D eigenvalue weighted by Crippen LogP contribution is -2.39. The zero-order chi connectivity index (χ0) is 18.2. The molecule has 0 saturated carbocycles. The molecule has 0 bridgehead atoms. The van der Waals surface area contributed by atoms with Crippen LogP contribution < -0.4 is 10.6 Å². The molecule has 0 atom stereocenters. The maximum Gasteiger partial charge on any atom is 0.324 e. The summed E-state index contributed by atoms with van der Waals surface area (Å²) in [5, 5.41) is 5.76. The van der Waals surface area contributed by atoms with Crippen molar-refractivity contribution in [1.29, 1.82) is 0 Å². The van der Waals surface area contributed by atoms with Gasteiger partial charge in [0.15, 0.2) is 5.96 Å². The Balaban J connectivity index is 1.94. The minimum atomic E-state index is -0.338. The van der Waals surface area contributed by atoms with Gasteiger partial charge in [0.1, 0.15) is 0 Å². The minimum Gasteiger partial charge on any atom is -0.357 e. The topological polar surface area (TPSA) is 77.0 Å². The van der Waals surface area contributed by atoms with Crippen LogP contribution >= 0.6 is 0 Å². The van der Waals surface area contributed by atoms with E-state index in [0.29, 0.717) is 13.1 Å². The molecular weight excluding hydrogens is 318 g/mol. The standard InChI is InChI=1S/C18H27N5O2/c1-4-14-6-8-15(9-7-14)13-22(3)17(19-5-2)20-10-11-23-16(24)12-21-18(23)25/h6-9H,4-5,10-13H2,1-3H3,(H,19,20)(H,21,25). The van der Waals surface area contributed by atoms with Crippen LogP contribution in [-0.2, 0) is 17.8 Å². The molecule has 0 aromatic heterocycles. The van der Waals surface area contributed by atoms with Crippen molar-refractivity contribution in [1.82, 2.24) is 20.4 Å². The van der Waals surface area contributed by atoms with Gasteiger partial charge in [-0.05, 0) is 24.5 Å². The number of urea groups is 1. The number of rotatable bonds is 7. The number of benzene rings is 1. The molecule has 0 unspecified atom stereocenters. The molecule has 1 saturated heterocycles. The number of nitrogens with one attached hydrogen (secondary N) is 2. The van der Waals surface area contributed by atoms with E-state index in [4.69, 9.17) is 0 Å². The van der Waals surface area contributed by atoms with E-state index in [0.717, 1.165) is 25.5 Å². The largest absolute Gasteiger partial charge is 0.357 e. The van der Waals surface area contributed by atoms with E-state index < -0.39 is 0 Å². The van der Waals surface area contributed by atoms with Gasteiger partial charge in [0.25, 0.3) is 0 Å². The van der Waals surface area contributed by atoms with Crippen LogP contribution in [0.1, 0.15) is 25.0 Å². The molecule has 0 spiro atoms. The number of aryl methyl sites for hydroxylation is 1. The number of aliphatic imine (C=N–C) groups is 1. The van der Waals surface area contributed by atoms with Gasteiger partial charge in [-0.3, -0.25) is 14.7 Å². The molecule has 1 aromatic carbocycles. The van der Waals surface area contributed by atoms with Gasteiger partial charge in [-0.25, -0.2) is 4.79 Å². The molecule has 1 aliphatic rings. The van der Waals surface area contributed by atoms with Crippen LogP contribution in [0.5, 0.6) is 0 Å². The van der Waals surface area contributed by atoms with E-state index in [2.05, 4.69) is 46.8 Å². The van der Waals surface area contributed by atoms with Crippen LogP contribution in [0.4, 0.5) is 4.79 Å².